The molecule has 1 saturated heterocycles. The monoisotopic (exact) mass is 338 g/mol. The van der Waals surface area contributed by atoms with Crippen molar-refractivity contribution in [1.82, 2.24) is 18.8 Å². The summed E-state index contributed by atoms with van der Waals surface area (Å²) < 4.78 is 37.0. The van der Waals surface area contributed by atoms with Gasteiger partial charge in [0, 0.05) is 30.9 Å². The standard InChI is InChI=1S/C15H22N4O3S/c1-11(13-10-16-18(3)12(13)2)17-23(20,21)19-8-4-6-14(19)15-7-5-9-22-15/h5,7,9-11,14,17H,4,6,8H2,1-3H3/t11-,14+/m0/s1. The molecule has 0 unspecified atom stereocenters. The first-order valence-electron chi connectivity index (χ1n) is 7.71. The van der Waals surface area contributed by atoms with E-state index in [0.29, 0.717) is 12.3 Å². The topological polar surface area (TPSA) is 80.4 Å². The van der Waals surface area contributed by atoms with E-state index in [1.165, 1.54) is 4.31 Å². The zero-order chi connectivity index (χ0) is 16.6. The maximum atomic E-state index is 12.8. The van der Waals surface area contributed by atoms with E-state index in [1.54, 1.807) is 23.2 Å². The van der Waals surface area contributed by atoms with Gasteiger partial charge in [0.05, 0.1) is 18.5 Å². The molecule has 3 heterocycles. The number of furan rings is 1. The predicted octanol–water partition coefficient (Wildman–Crippen LogP) is 2.05. The smallest absolute Gasteiger partial charge is 0.280 e. The van der Waals surface area contributed by atoms with Crippen LogP contribution in [0, 0.1) is 6.92 Å². The molecule has 8 heteroatoms. The van der Waals surface area contributed by atoms with E-state index in [1.807, 2.05) is 27.0 Å². The molecule has 126 valence electrons. The van der Waals surface area contributed by atoms with Crippen molar-refractivity contribution in [3.05, 3.63) is 41.6 Å². The maximum absolute atomic E-state index is 12.8. The van der Waals surface area contributed by atoms with Gasteiger partial charge in [-0.05, 0) is 38.8 Å². The molecule has 23 heavy (non-hydrogen) atoms. The summed E-state index contributed by atoms with van der Waals surface area (Å²) in [5, 5.41) is 4.17. The second-order valence-electron chi connectivity index (χ2n) is 5.94. The first kappa shape index (κ1) is 16.2. The van der Waals surface area contributed by atoms with E-state index >= 15 is 0 Å². The lowest BCUT2D eigenvalue weighted by Gasteiger charge is -2.25. The fraction of sp³-hybridized carbons (Fsp3) is 0.533. The van der Waals surface area contributed by atoms with Gasteiger partial charge in [-0.1, -0.05) is 0 Å². The van der Waals surface area contributed by atoms with Gasteiger partial charge in [0.2, 0.25) is 0 Å². The van der Waals surface area contributed by atoms with Gasteiger partial charge in [-0.15, -0.1) is 0 Å². The second kappa shape index (κ2) is 6.10. The van der Waals surface area contributed by atoms with E-state index < -0.39 is 10.2 Å². The summed E-state index contributed by atoms with van der Waals surface area (Å²) in [6.45, 7) is 4.26. The Bertz CT molecular complexity index is 767. The molecule has 2 aromatic rings. The van der Waals surface area contributed by atoms with Crippen molar-refractivity contribution in [3.8, 4) is 0 Å². The third kappa shape index (κ3) is 3.06. The Morgan fingerprint density at radius 2 is 2.26 bits per heavy atom. The third-order valence-corrected chi connectivity index (χ3v) is 6.16. The van der Waals surface area contributed by atoms with Crippen LogP contribution in [0.15, 0.2) is 29.0 Å². The predicted molar refractivity (Wildman–Crippen MR) is 85.8 cm³/mol. The van der Waals surface area contributed by atoms with Crippen LogP contribution in [0.25, 0.3) is 0 Å². The van der Waals surface area contributed by atoms with Crippen LogP contribution in [0.3, 0.4) is 0 Å². The van der Waals surface area contributed by atoms with Crippen molar-refractivity contribution in [2.45, 2.75) is 38.8 Å². The summed E-state index contributed by atoms with van der Waals surface area (Å²) in [7, 11) is -1.76. The Morgan fingerprint density at radius 3 is 2.87 bits per heavy atom. The van der Waals surface area contributed by atoms with Crippen molar-refractivity contribution in [1.29, 1.82) is 0 Å². The lowest BCUT2D eigenvalue weighted by atomic mass is 10.1. The number of aromatic nitrogens is 2. The zero-order valence-electron chi connectivity index (χ0n) is 13.6. The van der Waals surface area contributed by atoms with Gasteiger partial charge in [0.15, 0.2) is 0 Å². The second-order valence-corrected chi connectivity index (χ2v) is 7.59. The highest BCUT2D eigenvalue weighted by Gasteiger charge is 2.37. The Balaban J connectivity index is 1.80. The fourth-order valence-electron chi connectivity index (χ4n) is 3.09. The van der Waals surface area contributed by atoms with Crippen LogP contribution in [0.4, 0.5) is 0 Å². The average Bonchev–Trinajstić information content (AvgIpc) is 3.20. The van der Waals surface area contributed by atoms with Crippen molar-refractivity contribution in [2.75, 3.05) is 6.54 Å². The highest BCUT2D eigenvalue weighted by atomic mass is 32.2. The molecule has 0 radical (unpaired) electrons. The molecular weight excluding hydrogens is 316 g/mol. The van der Waals surface area contributed by atoms with Crippen molar-refractivity contribution >= 4 is 10.2 Å². The van der Waals surface area contributed by atoms with Crippen molar-refractivity contribution in [2.24, 2.45) is 7.05 Å². The molecule has 1 fully saturated rings. The summed E-state index contributed by atoms with van der Waals surface area (Å²) in [5.74, 6) is 0.693. The van der Waals surface area contributed by atoms with E-state index in [2.05, 4.69) is 9.82 Å². The third-order valence-electron chi connectivity index (χ3n) is 4.45. The lowest BCUT2D eigenvalue weighted by Crippen LogP contribution is -2.41. The molecule has 7 nitrogen and oxygen atoms in total. The summed E-state index contributed by atoms with van der Waals surface area (Å²) in [6.07, 6.45) is 4.88. The molecule has 1 aliphatic rings. The summed E-state index contributed by atoms with van der Waals surface area (Å²) >= 11 is 0. The minimum atomic E-state index is -3.60. The molecule has 2 atom stereocenters. The SMILES string of the molecule is Cc1c([C@H](C)NS(=O)(=O)N2CCC[C@@H]2c2ccco2)cnn1C. The van der Waals surface area contributed by atoms with Crippen LogP contribution < -0.4 is 4.72 Å². The normalized spacial score (nSPS) is 20.9. The number of nitrogens with one attached hydrogen (secondary N) is 1. The number of aryl methyl sites for hydroxylation is 1. The molecule has 0 aromatic carbocycles. The summed E-state index contributed by atoms with van der Waals surface area (Å²) in [6, 6.07) is 3.04. The van der Waals surface area contributed by atoms with Crippen LogP contribution in [-0.4, -0.2) is 29.0 Å². The number of nitrogens with zero attached hydrogens (tertiary/aromatic N) is 3. The average molecular weight is 338 g/mol. The van der Waals surface area contributed by atoms with Crippen LogP contribution in [0.1, 0.15) is 48.9 Å². The van der Waals surface area contributed by atoms with Crippen molar-refractivity contribution < 1.29 is 12.8 Å². The first-order valence-corrected chi connectivity index (χ1v) is 9.15. The van der Waals surface area contributed by atoms with E-state index in [0.717, 1.165) is 24.1 Å². The molecule has 0 amide bonds. The Hall–Kier alpha value is -1.64. The number of hydrogen-bond donors (Lipinski definition) is 1. The quantitative estimate of drug-likeness (QED) is 0.905. The van der Waals surface area contributed by atoms with Gasteiger partial charge in [-0.2, -0.15) is 22.5 Å². The lowest BCUT2D eigenvalue weighted by molar-refractivity contribution is 0.333. The fourth-order valence-corrected chi connectivity index (χ4v) is 4.71. The van der Waals surface area contributed by atoms with Gasteiger partial charge in [0.1, 0.15) is 5.76 Å². The molecule has 2 aromatic heterocycles. The summed E-state index contributed by atoms with van der Waals surface area (Å²) in [4.78, 5) is 0. The largest absolute Gasteiger partial charge is 0.468 e. The molecule has 0 saturated carbocycles. The van der Waals surface area contributed by atoms with E-state index in [-0.39, 0.29) is 12.1 Å². The molecule has 0 aliphatic carbocycles. The maximum Gasteiger partial charge on any atom is 0.280 e. The van der Waals surface area contributed by atoms with Crippen LogP contribution in [-0.2, 0) is 17.3 Å². The molecule has 1 aliphatic heterocycles. The summed E-state index contributed by atoms with van der Waals surface area (Å²) in [5.41, 5.74) is 1.83. The van der Waals surface area contributed by atoms with Crippen LogP contribution in [0.2, 0.25) is 0 Å². The highest BCUT2D eigenvalue weighted by Crippen LogP contribution is 2.34. The molecule has 0 spiro atoms. The van der Waals surface area contributed by atoms with Gasteiger partial charge in [-0.3, -0.25) is 4.68 Å². The van der Waals surface area contributed by atoms with Crippen LogP contribution in [0.5, 0.6) is 0 Å². The van der Waals surface area contributed by atoms with Gasteiger partial charge >= 0.3 is 0 Å². The minimum Gasteiger partial charge on any atom is -0.468 e. The number of rotatable bonds is 5. The number of hydrogen-bond acceptors (Lipinski definition) is 4. The minimum absolute atomic E-state index is 0.232. The first-order chi connectivity index (χ1) is 10.9. The van der Waals surface area contributed by atoms with Gasteiger partial charge < -0.3 is 4.42 Å². The molecular formula is C15H22N4O3S. The van der Waals surface area contributed by atoms with Crippen LogP contribution >= 0.6 is 0 Å². The Kier molecular flexibility index (Phi) is 4.31. The van der Waals surface area contributed by atoms with Crippen molar-refractivity contribution in [3.63, 3.8) is 0 Å². The molecule has 3 rings (SSSR count). The van der Waals surface area contributed by atoms with E-state index in [9.17, 15) is 8.42 Å². The molecule has 0 bridgehead atoms. The molecule has 1 N–H and O–H groups in total. The van der Waals surface area contributed by atoms with E-state index in [4.69, 9.17) is 4.42 Å². The van der Waals surface area contributed by atoms with Gasteiger partial charge in [0.25, 0.3) is 10.2 Å². The Labute approximate surface area is 136 Å². The Morgan fingerprint density at radius 1 is 1.48 bits per heavy atom. The highest BCUT2D eigenvalue weighted by molar-refractivity contribution is 7.87. The zero-order valence-corrected chi connectivity index (χ0v) is 14.4. The van der Waals surface area contributed by atoms with Gasteiger partial charge in [-0.25, -0.2) is 0 Å².